The summed E-state index contributed by atoms with van der Waals surface area (Å²) < 4.78 is 0. The lowest BCUT2D eigenvalue weighted by atomic mass is 10.1. The number of fused-ring (bicyclic) bond motifs is 1. The molecule has 2 N–H and O–H groups in total. The van der Waals surface area contributed by atoms with E-state index in [0.717, 1.165) is 29.3 Å². The van der Waals surface area contributed by atoms with Gasteiger partial charge < -0.3 is 15.2 Å². The van der Waals surface area contributed by atoms with Gasteiger partial charge in [-0.05, 0) is 24.5 Å². The fraction of sp³-hybridized carbons (Fsp3) is 0.412. The second kappa shape index (κ2) is 7.64. The number of nitrogens with zero attached hydrogens (tertiary/aromatic N) is 1. The Hall–Kier alpha value is -2.30. The molecule has 0 fully saturated rings. The van der Waals surface area contributed by atoms with Gasteiger partial charge in [0.05, 0.1) is 0 Å². The first-order valence-electron chi connectivity index (χ1n) is 7.71. The number of aromatic nitrogens is 1. The van der Waals surface area contributed by atoms with E-state index in [2.05, 4.69) is 17.2 Å². The van der Waals surface area contributed by atoms with Crippen LogP contribution in [-0.2, 0) is 16.0 Å². The number of amides is 2. The summed E-state index contributed by atoms with van der Waals surface area (Å²) in [7, 11) is 1.66. The molecular weight excluding hydrogens is 278 g/mol. The Balaban J connectivity index is 1.83. The first-order valence-corrected chi connectivity index (χ1v) is 7.71. The van der Waals surface area contributed by atoms with Crippen molar-refractivity contribution in [2.45, 2.75) is 26.2 Å². The number of carbonyl (C=O) groups excluding carboxylic acids is 2. The number of hydrogen-bond acceptors (Lipinski definition) is 2. The van der Waals surface area contributed by atoms with Gasteiger partial charge in [0, 0.05) is 37.2 Å². The summed E-state index contributed by atoms with van der Waals surface area (Å²) in [6.45, 7) is 3.12. The summed E-state index contributed by atoms with van der Waals surface area (Å²) in [5.74, 6) is -0.995. The molecule has 0 aliphatic heterocycles. The SMILES string of the molecule is CCCCN(C)C(=O)C(=O)NCCc1c[nH]c2ccccc12. The predicted molar refractivity (Wildman–Crippen MR) is 87.6 cm³/mol. The summed E-state index contributed by atoms with van der Waals surface area (Å²) in [6.07, 6.45) is 4.55. The number of likely N-dealkylation sites (N-methyl/N-ethyl adjacent to an activating group) is 1. The maximum Gasteiger partial charge on any atom is 0.311 e. The molecule has 0 aliphatic carbocycles. The third kappa shape index (κ3) is 3.87. The van der Waals surface area contributed by atoms with Crippen LogP contribution in [0.15, 0.2) is 30.5 Å². The van der Waals surface area contributed by atoms with Crippen molar-refractivity contribution in [2.75, 3.05) is 20.1 Å². The highest BCUT2D eigenvalue weighted by Crippen LogP contribution is 2.17. The molecule has 0 saturated heterocycles. The maximum absolute atomic E-state index is 11.9. The molecule has 0 bridgehead atoms. The fourth-order valence-electron chi connectivity index (χ4n) is 2.39. The predicted octanol–water partition coefficient (Wildman–Crippen LogP) is 2.09. The number of hydrogen-bond donors (Lipinski definition) is 2. The van der Waals surface area contributed by atoms with Crippen LogP contribution in [0, 0.1) is 0 Å². The van der Waals surface area contributed by atoms with Gasteiger partial charge in [0.1, 0.15) is 0 Å². The Labute approximate surface area is 130 Å². The zero-order valence-electron chi connectivity index (χ0n) is 13.2. The number of benzene rings is 1. The molecule has 118 valence electrons. The van der Waals surface area contributed by atoms with Crippen molar-refractivity contribution in [1.82, 2.24) is 15.2 Å². The lowest BCUT2D eigenvalue weighted by Gasteiger charge is -2.15. The van der Waals surface area contributed by atoms with E-state index in [9.17, 15) is 9.59 Å². The number of H-pyrrole nitrogens is 1. The van der Waals surface area contributed by atoms with Crippen LogP contribution in [0.1, 0.15) is 25.3 Å². The Morgan fingerprint density at radius 1 is 1.27 bits per heavy atom. The van der Waals surface area contributed by atoms with Crippen molar-refractivity contribution in [3.8, 4) is 0 Å². The maximum atomic E-state index is 11.9. The zero-order valence-corrected chi connectivity index (χ0v) is 13.2. The van der Waals surface area contributed by atoms with Crippen molar-refractivity contribution in [3.05, 3.63) is 36.0 Å². The number of para-hydroxylation sites is 1. The second-order valence-corrected chi connectivity index (χ2v) is 5.45. The smallest absolute Gasteiger partial charge is 0.311 e. The fourth-order valence-corrected chi connectivity index (χ4v) is 2.39. The average Bonchev–Trinajstić information content (AvgIpc) is 2.95. The Morgan fingerprint density at radius 2 is 2.05 bits per heavy atom. The van der Waals surface area contributed by atoms with E-state index in [1.54, 1.807) is 7.05 Å². The van der Waals surface area contributed by atoms with Crippen LogP contribution < -0.4 is 5.32 Å². The van der Waals surface area contributed by atoms with Crippen LogP contribution in [-0.4, -0.2) is 41.8 Å². The lowest BCUT2D eigenvalue weighted by Crippen LogP contribution is -2.42. The van der Waals surface area contributed by atoms with Crippen LogP contribution >= 0.6 is 0 Å². The first kappa shape index (κ1) is 16.1. The van der Waals surface area contributed by atoms with Gasteiger partial charge in [-0.2, -0.15) is 0 Å². The van der Waals surface area contributed by atoms with Gasteiger partial charge in [0.25, 0.3) is 0 Å². The van der Waals surface area contributed by atoms with Gasteiger partial charge in [-0.1, -0.05) is 31.5 Å². The van der Waals surface area contributed by atoms with E-state index in [-0.39, 0.29) is 0 Å². The molecule has 5 nitrogen and oxygen atoms in total. The van der Waals surface area contributed by atoms with Crippen LogP contribution in [0.4, 0.5) is 0 Å². The monoisotopic (exact) mass is 301 g/mol. The molecule has 1 heterocycles. The van der Waals surface area contributed by atoms with Crippen molar-refractivity contribution >= 4 is 22.7 Å². The summed E-state index contributed by atoms with van der Waals surface area (Å²) >= 11 is 0. The van der Waals surface area contributed by atoms with Gasteiger partial charge in [-0.3, -0.25) is 9.59 Å². The molecule has 2 aromatic rings. The molecule has 1 aromatic heterocycles. The Morgan fingerprint density at radius 3 is 2.82 bits per heavy atom. The molecule has 2 amide bonds. The molecule has 22 heavy (non-hydrogen) atoms. The van der Waals surface area contributed by atoms with Gasteiger partial charge in [-0.25, -0.2) is 0 Å². The number of aromatic amines is 1. The van der Waals surface area contributed by atoms with Crippen molar-refractivity contribution in [1.29, 1.82) is 0 Å². The Bertz CT molecular complexity index is 648. The summed E-state index contributed by atoms with van der Waals surface area (Å²) in [6, 6.07) is 8.04. The standard InChI is InChI=1S/C17H23N3O2/c1-3-4-11-20(2)17(22)16(21)18-10-9-13-12-19-15-8-6-5-7-14(13)15/h5-8,12,19H,3-4,9-11H2,1-2H3,(H,18,21). The lowest BCUT2D eigenvalue weighted by molar-refractivity contribution is -0.145. The van der Waals surface area contributed by atoms with Crippen LogP contribution in [0.25, 0.3) is 10.9 Å². The average molecular weight is 301 g/mol. The van der Waals surface area contributed by atoms with E-state index in [0.29, 0.717) is 19.5 Å². The molecule has 2 rings (SSSR count). The van der Waals surface area contributed by atoms with Crippen LogP contribution in [0.5, 0.6) is 0 Å². The number of carbonyl (C=O) groups is 2. The summed E-state index contributed by atoms with van der Waals surface area (Å²) in [4.78, 5) is 28.4. The molecule has 5 heteroatoms. The van der Waals surface area contributed by atoms with Crippen molar-refractivity contribution in [3.63, 3.8) is 0 Å². The molecule has 0 radical (unpaired) electrons. The van der Waals surface area contributed by atoms with Gasteiger partial charge in [0.2, 0.25) is 0 Å². The largest absolute Gasteiger partial charge is 0.361 e. The molecule has 0 spiro atoms. The van der Waals surface area contributed by atoms with E-state index in [1.807, 2.05) is 30.5 Å². The second-order valence-electron chi connectivity index (χ2n) is 5.45. The minimum atomic E-state index is -0.529. The highest BCUT2D eigenvalue weighted by molar-refractivity contribution is 6.34. The number of rotatable bonds is 6. The minimum Gasteiger partial charge on any atom is -0.361 e. The molecule has 0 saturated carbocycles. The van der Waals surface area contributed by atoms with Crippen LogP contribution in [0.3, 0.4) is 0 Å². The van der Waals surface area contributed by atoms with Gasteiger partial charge in [0.15, 0.2) is 0 Å². The van der Waals surface area contributed by atoms with E-state index >= 15 is 0 Å². The topological polar surface area (TPSA) is 65.2 Å². The minimum absolute atomic E-state index is 0.452. The molecule has 0 aliphatic rings. The number of unbranched alkanes of at least 4 members (excludes halogenated alkanes) is 1. The summed E-state index contributed by atoms with van der Waals surface area (Å²) in [5, 5.41) is 3.85. The zero-order chi connectivity index (χ0) is 15.9. The third-order valence-corrected chi connectivity index (χ3v) is 3.74. The highest BCUT2D eigenvalue weighted by atomic mass is 16.2. The third-order valence-electron chi connectivity index (χ3n) is 3.74. The quantitative estimate of drug-likeness (QED) is 0.802. The molecular formula is C17H23N3O2. The Kier molecular flexibility index (Phi) is 5.58. The van der Waals surface area contributed by atoms with E-state index in [1.165, 1.54) is 4.90 Å². The van der Waals surface area contributed by atoms with Gasteiger partial charge >= 0.3 is 11.8 Å². The number of nitrogens with one attached hydrogen (secondary N) is 2. The summed E-state index contributed by atoms with van der Waals surface area (Å²) in [5.41, 5.74) is 2.22. The molecule has 0 unspecified atom stereocenters. The van der Waals surface area contributed by atoms with E-state index < -0.39 is 11.8 Å². The van der Waals surface area contributed by atoms with Crippen LogP contribution in [0.2, 0.25) is 0 Å². The van der Waals surface area contributed by atoms with Crippen molar-refractivity contribution in [2.24, 2.45) is 0 Å². The normalized spacial score (nSPS) is 10.6. The van der Waals surface area contributed by atoms with Gasteiger partial charge in [-0.15, -0.1) is 0 Å². The van der Waals surface area contributed by atoms with E-state index in [4.69, 9.17) is 0 Å². The molecule has 1 aromatic carbocycles. The molecule has 0 atom stereocenters. The highest BCUT2D eigenvalue weighted by Gasteiger charge is 2.17. The first-order chi connectivity index (χ1) is 10.6. The van der Waals surface area contributed by atoms with Crippen molar-refractivity contribution < 1.29 is 9.59 Å².